The summed E-state index contributed by atoms with van der Waals surface area (Å²) in [5.41, 5.74) is 2.34. The van der Waals surface area contributed by atoms with Crippen molar-refractivity contribution in [3.63, 3.8) is 0 Å². The first-order chi connectivity index (χ1) is 13.1. The van der Waals surface area contributed by atoms with Gasteiger partial charge in [-0.25, -0.2) is 0 Å². The van der Waals surface area contributed by atoms with Crippen LogP contribution in [0.2, 0.25) is 0 Å². The molecule has 1 heterocycles. The van der Waals surface area contributed by atoms with E-state index in [2.05, 4.69) is 34.5 Å². The summed E-state index contributed by atoms with van der Waals surface area (Å²) in [6.45, 7) is 4.33. The molecule has 1 aliphatic heterocycles. The van der Waals surface area contributed by atoms with Crippen LogP contribution in [-0.2, 0) is 11.3 Å². The van der Waals surface area contributed by atoms with Crippen LogP contribution in [0.5, 0.6) is 11.5 Å². The zero-order valence-electron chi connectivity index (χ0n) is 16.3. The van der Waals surface area contributed by atoms with Crippen LogP contribution in [0.15, 0.2) is 48.5 Å². The Labute approximate surface area is 161 Å². The number of nitrogens with one attached hydrogen (secondary N) is 1. The molecule has 2 unspecified atom stereocenters. The van der Waals surface area contributed by atoms with Gasteiger partial charge in [-0.15, -0.1) is 0 Å². The quantitative estimate of drug-likeness (QED) is 0.815. The van der Waals surface area contributed by atoms with Crippen LogP contribution in [0, 0.1) is 0 Å². The molecule has 2 aromatic carbocycles. The van der Waals surface area contributed by atoms with Crippen LogP contribution >= 0.6 is 0 Å². The summed E-state index contributed by atoms with van der Waals surface area (Å²) < 4.78 is 10.6. The van der Waals surface area contributed by atoms with Crippen LogP contribution in [0.25, 0.3) is 0 Å². The zero-order valence-corrected chi connectivity index (χ0v) is 16.3. The van der Waals surface area contributed by atoms with Gasteiger partial charge in [-0.2, -0.15) is 0 Å². The maximum Gasteiger partial charge on any atom is 0.237 e. The summed E-state index contributed by atoms with van der Waals surface area (Å²) >= 11 is 0. The topological polar surface area (TPSA) is 50.8 Å². The average molecular weight is 368 g/mol. The fourth-order valence-electron chi connectivity index (χ4n) is 3.63. The van der Waals surface area contributed by atoms with Gasteiger partial charge in [-0.05, 0) is 49.1 Å². The maximum atomic E-state index is 12.6. The van der Waals surface area contributed by atoms with Crippen LogP contribution in [0.3, 0.4) is 0 Å². The minimum atomic E-state index is -0.140. The largest absolute Gasteiger partial charge is 0.493 e. The molecule has 0 bridgehead atoms. The number of methoxy groups -OCH3 is 2. The lowest BCUT2D eigenvalue weighted by atomic mass is 9.99. The van der Waals surface area contributed by atoms with E-state index < -0.39 is 0 Å². The van der Waals surface area contributed by atoms with Crippen molar-refractivity contribution in [1.82, 2.24) is 10.2 Å². The Morgan fingerprint density at radius 1 is 1.15 bits per heavy atom. The Bertz CT molecular complexity index is 763. The number of carbonyl (C=O) groups excluding carboxylic acids is 1. The lowest BCUT2D eigenvalue weighted by molar-refractivity contribution is -0.125. The van der Waals surface area contributed by atoms with E-state index >= 15 is 0 Å². The summed E-state index contributed by atoms with van der Waals surface area (Å²) in [4.78, 5) is 14.9. The van der Waals surface area contributed by atoms with E-state index in [1.54, 1.807) is 14.2 Å². The van der Waals surface area contributed by atoms with Crippen molar-refractivity contribution in [2.45, 2.75) is 31.8 Å². The van der Waals surface area contributed by atoms with Crippen LogP contribution in [0.4, 0.5) is 0 Å². The summed E-state index contributed by atoms with van der Waals surface area (Å²) in [7, 11) is 3.22. The highest BCUT2D eigenvalue weighted by molar-refractivity contribution is 5.81. The fraction of sp³-hybridized carbons (Fsp3) is 0.409. The number of benzene rings is 2. The number of hydrogen-bond acceptors (Lipinski definition) is 4. The maximum absolute atomic E-state index is 12.6. The normalized spacial score (nSPS) is 18.1. The van der Waals surface area contributed by atoms with Crippen molar-refractivity contribution in [2.24, 2.45) is 0 Å². The molecule has 27 heavy (non-hydrogen) atoms. The molecular weight excluding hydrogens is 340 g/mol. The molecule has 0 radical (unpaired) electrons. The van der Waals surface area contributed by atoms with Gasteiger partial charge >= 0.3 is 0 Å². The number of amides is 1. The molecule has 1 saturated heterocycles. The molecule has 2 atom stereocenters. The Morgan fingerprint density at radius 2 is 1.89 bits per heavy atom. The zero-order chi connectivity index (χ0) is 19.2. The summed E-state index contributed by atoms with van der Waals surface area (Å²) in [6.07, 6.45) is 1.09. The highest BCUT2D eigenvalue weighted by Gasteiger charge is 2.30. The number of ether oxygens (including phenoxy) is 2. The molecule has 5 heteroatoms. The van der Waals surface area contributed by atoms with Gasteiger partial charge in [-0.3, -0.25) is 9.69 Å². The molecule has 1 amide bonds. The molecule has 0 saturated carbocycles. The number of rotatable bonds is 7. The van der Waals surface area contributed by atoms with Crippen molar-refractivity contribution in [3.8, 4) is 11.5 Å². The second-order valence-corrected chi connectivity index (χ2v) is 6.97. The molecule has 1 aliphatic rings. The van der Waals surface area contributed by atoms with Gasteiger partial charge in [0.1, 0.15) is 0 Å². The smallest absolute Gasteiger partial charge is 0.237 e. The number of carbonyl (C=O) groups is 1. The molecule has 0 aliphatic carbocycles. The van der Waals surface area contributed by atoms with E-state index in [0.717, 1.165) is 25.1 Å². The van der Waals surface area contributed by atoms with Gasteiger partial charge in [0, 0.05) is 13.1 Å². The summed E-state index contributed by atoms with van der Waals surface area (Å²) in [5.74, 6) is 1.92. The first-order valence-electron chi connectivity index (χ1n) is 9.40. The Morgan fingerprint density at radius 3 is 2.59 bits per heavy atom. The van der Waals surface area contributed by atoms with E-state index in [0.29, 0.717) is 24.0 Å². The molecule has 144 valence electrons. The lowest BCUT2D eigenvalue weighted by Crippen LogP contribution is -2.43. The van der Waals surface area contributed by atoms with Gasteiger partial charge in [0.05, 0.1) is 20.3 Å². The highest BCUT2D eigenvalue weighted by Crippen LogP contribution is 2.29. The van der Waals surface area contributed by atoms with Crippen molar-refractivity contribution < 1.29 is 14.3 Å². The predicted octanol–water partition coefficient (Wildman–Crippen LogP) is 3.20. The molecule has 3 rings (SSSR count). The van der Waals surface area contributed by atoms with Crippen LogP contribution < -0.4 is 14.8 Å². The number of nitrogens with zero attached hydrogens (tertiary/aromatic N) is 1. The van der Waals surface area contributed by atoms with Gasteiger partial charge in [-0.1, -0.05) is 36.4 Å². The standard InChI is InChI=1S/C22H28N2O3/c1-16(24-12-11-19(15-24)18-7-5-4-6-8-18)22(25)23-14-17-9-10-20(26-2)21(13-17)27-3/h4-10,13,16,19H,11-12,14-15H2,1-3H3,(H,23,25). The summed E-state index contributed by atoms with van der Waals surface area (Å²) in [5, 5.41) is 3.04. The lowest BCUT2D eigenvalue weighted by Gasteiger charge is -2.23. The second kappa shape index (κ2) is 8.91. The molecule has 0 spiro atoms. The van der Waals surface area contributed by atoms with Crippen molar-refractivity contribution in [3.05, 3.63) is 59.7 Å². The first kappa shape index (κ1) is 19.2. The first-order valence-corrected chi connectivity index (χ1v) is 9.40. The van der Waals surface area contributed by atoms with Gasteiger partial charge < -0.3 is 14.8 Å². The third-order valence-electron chi connectivity index (χ3n) is 5.33. The van der Waals surface area contributed by atoms with E-state index in [9.17, 15) is 4.79 Å². The molecule has 1 fully saturated rings. The Hall–Kier alpha value is -2.53. The molecule has 0 aromatic heterocycles. The van der Waals surface area contributed by atoms with E-state index in [1.807, 2.05) is 31.2 Å². The summed E-state index contributed by atoms with van der Waals surface area (Å²) in [6, 6.07) is 16.1. The SMILES string of the molecule is COc1ccc(CNC(=O)C(C)N2CCC(c3ccccc3)C2)cc1OC. The van der Waals surface area contributed by atoms with Crippen LogP contribution in [-0.4, -0.2) is 44.2 Å². The predicted molar refractivity (Wildman–Crippen MR) is 106 cm³/mol. The Kier molecular flexibility index (Phi) is 6.35. The van der Waals surface area contributed by atoms with Crippen molar-refractivity contribution >= 4 is 5.91 Å². The second-order valence-electron chi connectivity index (χ2n) is 6.97. The minimum absolute atomic E-state index is 0.0542. The van der Waals surface area contributed by atoms with Gasteiger partial charge in [0.25, 0.3) is 0 Å². The Balaban J connectivity index is 1.54. The molecule has 2 aromatic rings. The molecule has 1 N–H and O–H groups in total. The van der Waals surface area contributed by atoms with Crippen molar-refractivity contribution in [1.29, 1.82) is 0 Å². The number of likely N-dealkylation sites (tertiary alicyclic amines) is 1. The van der Waals surface area contributed by atoms with Crippen LogP contribution in [0.1, 0.15) is 30.4 Å². The van der Waals surface area contributed by atoms with E-state index in [1.165, 1.54) is 5.56 Å². The molecular formula is C22H28N2O3. The third-order valence-corrected chi connectivity index (χ3v) is 5.33. The van der Waals surface area contributed by atoms with E-state index in [-0.39, 0.29) is 11.9 Å². The highest BCUT2D eigenvalue weighted by atomic mass is 16.5. The fourth-order valence-corrected chi connectivity index (χ4v) is 3.63. The monoisotopic (exact) mass is 368 g/mol. The van der Waals surface area contributed by atoms with Gasteiger partial charge in [0.15, 0.2) is 11.5 Å². The number of hydrogen-bond donors (Lipinski definition) is 1. The van der Waals surface area contributed by atoms with Crippen molar-refractivity contribution in [2.75, 3.05) is 27.3 Å². The molecule has 5 nitrogen and oxygen atoms in total. The average Bonchev–Trinajstić information content (AvgIpc) is 3.22. The van der Waals surface area contributed by atoms with E-state index in [4.69, 9.17) is 9.47 Å². The minimum Gasteiger partial charge on any atom is -0.493 e. The third kappa shape index (κ3) is 4.61. The van der Waals surface area contributed by atoms with Gasteiger partial charge in [0.2, 0.25) is 5.91 Å².